The number of imidazole rings is 1. The van der Waals surface area contributed by atoms with Gasteiger partial charge in [-0.3, -0.25) is 0 Å². The first-order chi connectivity index (χ1) is 9.71. The van der Waals surface area contributed by atoms with E-state index in [1.807, 2.05) is 12.1 Å². The van der Waals surface area contributed by atoms with Crippen molar-refractivity contribution in [1.29, 1.82) is 0 Å². The van der Waals surface area contributed by atoms with Crippen molar-refractivity contribution < 1.29 is 9.53 Å². The molecular weight excluding hydrogens is 252 g/mol. The van der Waals surface area contributed by atoms with Gasteiger partial charge in [0, 0.05) is 5.92 Å². The standard InChI is InChI=1S/C16H22N2O2/c1-4-7-11(8-5-2)15-17-13-10-6-9-12(14(13)18-15)16(19)20-3/h6,9-11H,4-5,7-8H2,1-3H3,(H,17,18). The second kappa shape index (κ2) is 6.55. The van der Waals surface area contributed by atoms with Gasteiger partial charge in [-0.25, -0.2) is 9.78 Å². The third-order valence-electron chi connectivity index (χ3n) is 3.60. The van der Waals surface area contributed by atoms with E-state index in [-0.39, 0.29) is 5.97 Å². The zero-order valence-corrected chi connectivity index (χ0v) is 12.4. The number of fused-ring (bicyclic) bond motifs is 1. The average Bonchev–Trinajstić information content (AvgIpc) is 2.89. The minimum atomic E-state index is -0.337. The molecule has 1 aromatic heterocycles. The fraction of sp³-hybridized carbons (Fsp3) is 0.500. The Labute approximate surface area is 119 Å². The summed E-state index contributed by atoms with van der Waals surface area (Å²) in [5, 5.41) is 0. The summed E-state index contributed by atoms with van der Waals surface area (Å²) in [6, 6.07) is 5.56. The van der Waals surface area contributed by atoms with Gasteiger partial charge in [0.05, 0.1) is 18.2 Å². The van der Waals surface area contributed by atoms with E-state index in [9.17, 15) is 4.79 Å². The van der Waals surface area contributed by atoms with Crippen LogP contribution in [0.2, 0.25) is 0 Å². The zero-order valence-electron chi connectivity index (χ0n) is 12.4. The molecule has 20 heavy (non-hydrogen) atoms. The normalized spacial score (nSPS) is 11.2. The molecule has 2 aromatic rings. The largest absolute Gasteiger partial charge is 0.465 e. The van der Waals surface area contributed by atoms with Gasteiger partial charge in [-0.2, -0.15) is 0 Å². The van der Waals surface area contributed by atoms with Gasteiger partial charge in [0.1, 0.15) is 11.3 Å². The van der Waals surface area contributed by atoms with Crippen molar-refractivity contribution in [3.63, 3.8) is 0 Å². The third kappa shape index (κ3) is 2.84. The highest BCUT2D eigenvalue weighted by Gasteiger charge is 2.18. The first-order valence-electron chi connectivity index (χ1n) is 7.28. The minimum Gasteiger partial charge on any atom is -0.465 e. The van der Waals surface area contributed by atoms with Gasteiger partial charge in [0.2, 0.25) is 0 Å². The Morgan fingerprint density at radius 3 is 2.60 bits per heavy atom. The van der Waals surface area contributed by atoms with Gasteiger partial charge >= 0.3 is 5.97 Å². The molecule has 4 heteroatoms. The van der Waals surface area contributed by atoms with Crippen molar-refractivity contribution >= 4 is 17.0 Å². The van der Waals surface area contributed by atoms with Crippen molar-refractivity contribution in [2.24, 2.45) is 0 Å². The van der Waals surface area contributed by atoms with E-state index >= 15 is 0 Å². The first-order valence-corrected chi connectivity index (χ1v) is 7.28. The Hall–Kier alpha value is -1.84. The van der Waals surface area contributed by atoms with Crippen molar-refractivity contribution in [2.75, 3.05) is 7.11 Å². The van der Waals surface area contributed by atoms with Crippen LogP contribution in [0.5, 0.6) is 0 Å². The van der Waals surface area contributed by atoms with E-state index in [2.05, 4.69) is 23.8 Å². The van der Waals surface area contributed by atoms with Gasteiger partial charge in [-0.15, -0.1) is 0 Å². The molecule has 0 spiro atoms. The number of methoxy groups -OCH3 is 1. The number of benzene rings is 1. The molecule has 0 amide bonds. The lowest BCUT2D eigenvalue weighted by Crippen LogP contribution is -2.02. The quantitative estimate of drug-likeness (QED) is 0.809. The van der Waals surface area contributed by atoms with Gasteiger partial charge in [0.15, 0.2) is 0 Å². The number of aromatic nitrogens is 2. The summed E-state index contributed by atoms with van der Waals surface area (Å²) in [5.74, 6) is 1.08. The number of ether oxygens (including phenoxy) is 1. The Bertz CT molecular complexity index is 583. The molecule has 0 fully saturated rings. The lowest BCUT2D eigenvalue weighted by atomic mass is 9.98. The van der Waals surface area contributed by atoms with Gasteiger partial charge < -0.3 is 9.72 Å². The number of aromatic amines is 1. The number of rotatable bonds is 6. The molecule has 0 aliphatic carbocycles. The number of para-hydroxylation sites is 1. The molecule has 1 aromatic carbocycles. The summed E-state index contributed by atoms with van der Waals surface area (Å²) in [4.78, 5) is 19.8. The number of carbonyl (C=O) groups excluding carboxylic acids is 1. The van der Waals surface area contributed by atoms with Crippen LogP contribution in [0, 0.1) is 0 Å². The molecule has 0 saturated carbocycles. The summed E-state index contributed by atoms with van der Waals surface area (Å²) in [7, 11) is 1.39. The highest BCUT2D eigenvalue weighted by molar-refractivity contribution is 6.01. The van der Waals surface area contributed by atoms with E-state index in [1.165, 1.54) is 7.11 Å². The van der Waals surface area contributed by atoms with Crippen LogP contribution >= 0.6 is 0 Å². The maximum atomic E-state index is 11.8. The fourth-order valence-electron chi connectivity index (χ4n) is 2.63. The molecule has 108 valence electrons. The van der Waals surface area contributed by atoms with Crippen molar-refractivity contribution in [2.45, 2.75) is 45.4 Å². The average molecular weight is 274 g/mol. The molecule has 0 unspecified atom stereocenters. The monoisotopic (exact) mass is 274 g/mol. The molecule has 1 N–H and O–H groups in total. The SMILES string of the molecule is CCCC(CCC)c1nc2c(C(=O)OC)cccc2[nH]1. The summed E-state index contributed by atoms with van der Waals surface area (Å²) in [5.41, 5.74) is 2.14. The minimum absolute atomic E-state index is 0.337. The lowest BCUT2D eigenvalue weighted by molar-refractivity contribution is 0.0603. The van der Waals surface area contributed by atoms with E-state index in [0.29, 0.717) is 17.0 Å². The molecule has 1 heterocycles. The highest BCUT2D eigenvalue weighted by atomic mass is 16.5. The topological polar surface area (TPSA) is 55.0 Å². The summed E-state index contributed by atoms with van der Waals surface area (Å²) in [6.07, 6.45) is 4.49. The van der Waals surface area contributed by atoms with Gasteiger partial charge in [-0.05, 0) is 25.0 Å². The maximum absolute atomic E-state index is 11.8. The van der Waals surface area contributed by atoms with Crippen LogP contribution in [0.15, 0.2) is 18.2 Å². The molecule has 0 atom stereocenters. The number of carbonyl (C=O) groups is 1. The highest BCUT2D eigenvalue weighted by Crippen LogP contribution is 2.27. The molecule has 2 rings (SSSR count). The predicted octanol–water partition coefficient (Wildman–Crippen LogP) is 4.03. The number of nitrogens with one attached hydrogen (secondary N) is 1. The lowest BCUT2D eigenvalue weighted by Gasteiger charge is -2.11. The van der Waals surface area contributed by atoms with E-state index in [0.717, 1.165) is 37.0 Å². The Morgan fingerprint density at radius 2 is 2.00 bits per heavy atom. The number of hydrogen-bond acceptors (Lipinski definition) is 3. The van der Waals surface area contributed by atoms with Crippen LogP contribution in [-0.2, 0) is 4.74 Å². The number of esters is 1. The van der Waals surface area contributed by atoms with Crippen molar-refractivity contribution in [1.82, 2.24) is 9.97 Å². The van der Waals surface area contributed by atoms with E-state index in [4.69, 9.17) is 4.74 Å². The third-order valence-corrected chi connectivity index (χ3v) is 3.60. The van der Waals surface area contributed by atoms with Crippen LogP contribution in [0.3, 0.4) is 0 Å². The smallest absolute Gasteiger partial charge is 0.340 e. The number of H-pyrrole nitrogens is 1. The molecule has 4 nitrogen and oxygen atoms in total. The maximum Gasteiger partial charge on any atom is 0.340 e. The molecule has 0 aliphatic rings. The second-order valence-electron chi connectivity index (χ2n) is 5.09. The first kappa shape index (κ1) is 14.6. The second-order valence-corrected chi connectivity index (χ2v) is 5.09. The van der Waals surface area contributed by atoms with Crippen molar-refractivity contribution in [3.05, 3.63) is 29.6 Å². The van der Waals surface area contributed by atoms with Crippen LogP contribution in [0.1, 0.15) is 61.6 Å². The fourth-order valence-corrected chi connectivity index (χ4v) is 2.63. The van der Waals surface area contributed by atoms with Gasteiger partial charge in [0.25, 0.3) is 0 Å². The molecular formula is C16H22N2O2. The number of hydrogen-bond donors (Lipinski definition) is 1. The predicted molar refractivity (Wildman–Crippen MR) is 80.0 cm³/mol. The number of nitrogens with zero attached hydrogens (tertiary/aromatic N) is 1. The summed E-state index contributed by atoms with van der Waals surface area (Å²) < 4.78 is 4.82. The Balaban J connectivity index is 2.44. The molecule has 0 radical (unpaired) electrons. The van der Waals surface area contributed by atoms with E-state index in [1.54, 1.807) is 6.07 Å². The molecule has 0 aliphatic heterocycles. The summed E-state index contributed by atoms with van der Waals surface area (Å²) >= 11 is 0. The molecule has 0 bridgehead atoms. The summed E-state index contributed by atoms with van der Waals surface area (Å²) in [6.45, 7) is 4.37. The van der Waals surface area contributed by atoms with Crippen LogP contribution < -0.4 is 0 Å². The van der Waals surface area contributed by atoms with Gasteiger partial charge in [-0.1, -0.05) is 32.8 Å². The van der Waals surface area contributed by atoms with Crippen molar-refractivity contribution in [3.8, 4) is 0 Å². The Morgan fingerprint density at radius 1 is 1.30 bits per heavy atom. The van der Waals surface area contributed by atoms with Crippen LogP contribution in [-0.4, -0.2) is 23.0 Å². The zero-order chi connectivity index (χ0) is 14.5. The van der Waals surface area contributed by atoms with Crippen LogP contribution in [0.4, 0.5) is 0 Å². The molecule has 0 saturated heterocycles. The van der Waals surface area contributed by atoms with E-state index < -0.39 is 0 Å². The van der Waals surface area contributed by atoms with Crippen LogP contribution in [0.25, 0.3) is 11.0 Å². The Kier molecular flexibility index (Phi) is 4.77.